The van der Waals surface area contributed by atoms with Crippen molar-refractivity contribution < 1.29 is 13.6 Å². The molecule has 9 heteroatoms. The van der Waals surface area contributed by atoms with Gasteiger partial charge in [0.25, 0.3) is 5.91 Å². The van der Waals surface area contributed by atoms with Crippen LogP contribution in [0.15, 0.2) is 24.7 Å². The summed E-state index contributed by atoms with van der Waals surface area (Å²) in [5, 5.41) is 13.1. The molecule has 0 atom stereocenters. The van der Waals surface area contributed by atoms with E-state index in [1.54, 1.807) is 13.0 Å². The van der Waals surface area contributed by atoms with Crippen LogP contribution >= 0.6 is 0 Å². The summed E-state index contributed by atoms with van der Waals surface area (Å²) in [7, 11) is 1.50. The molecule has 0 spiro atoms. The van der Waals surface area contributed by atoms with Crippen LogP contribution in [-0.2, 0) is 17.8 Å². The van der Waals surface area contributed by atoms with Crippen LogP contribution in [-0.4, -0.2) is 30.9 Å². The van der Waals surface area contributed by atoms with Crippen LogP contribution < -0.4 is 5.32 Å². The highest BCUT2D eigenvalue weighted by Gasteiger charge is 2.42. The highest BCUT2D eigenvalue weighted by atomic mass is 19.3. The van der Waals surface area contributed by atoms with Crippen LogP contribution in [0.3, 0.4) is 0 Å². The van der Waals surface area contributed by atoms with E-state index in [4.69, 9.17) is 0 Å². The Morgan fingerprint density at radius 1 is 1.41 bits per heavy atom. The third kappa shape index (κ3) is 2.30. The zero-order valence-electron chi connectivity index (χ0n) is 11.8. The van der Waals surface area contributed by atoms with Crippen LogP contribution in [0.1, 0.15) is 11.3 Å². The van der Waals surface area contributed by atoms with Crippen molar-refractivity contribution >= 4 is 22.6 Å². The quantitative estimate of drug-likeness (QED) is 0.771. The van der Waals surface area contributed by atoms with Gasteiger partial charge in [0.05, 0.1) is 23.6 Å². The molecule has 0 aliphatic carbocycles. The average molecular weight is 306 g/mol. The predicted molar refractivity (Wildman–Crippen MR) is 74.4 cm³/mol. The van der Waals surface area contributed by atoms with Gasteiger partial charge in [-0.3, -0.25) is 14.6 Å². The second-order valence-electron chi connectivity index (χ2n) is 4.87. The number of carbonyl (C=O) groups excluding carboxylic acids is 1. The van der Waals surface area contributed by atoms with E-state index in [-0.39, 0.29) is 5.69 Å². The molecule has 3 aromatic heterocycles. The van der Waals surface area contributed by atoms with Gasteiger partial charge in [0, 0.05) is 24.3 Å². The van der Waals surface area contributed by atoms with E-state index >= 15 is 0 Å². The third-order valence-electron chi connectivity index (χ3n) is 3.21. The minimum atomic E-state index is -3.69. The number of anilines is 1. The molecule has 0 saturated heterocycles. The standard InChI is InChI=1S/C13H12F2N6O/c1-7-10-3-9(5-16-11(10)20-19-7)18-12(22)13(14,15)8-4-17-21(2)6-8/h3-6H,1-2H3,(H,18,22)(H,16,19,20). The highest BCUT2D eigenvalue weighted by molar-refractivity contribution is 5.97. The van der Waals surface area contributed by atoms with Gasteiger partial charge in [0.2, 0.25) is 0 Å². The Morgan fingerprint density at radius 3 is 2.86 bits per heavy atom. The van der Waals surface area contributed by atoms with Gasteiger partial charge in [-0.25, -0.2) is 4.98 Å². The lowest BCUT2D eigenvalue weighted by atomic mass is 10.1. The number of H-pyrrole nitrogens is 1. The zero-order chi connectivity index (χ0) is 15.9. The summed E-state index contributed by atoms with van der Waals surface area (Å²) in [4.78, 5) is 15.8. The van der Waals surface area contributed by atoms with Gasteiger partial charge in [-0.05, 0) is 13.0 Å². The molecule has 0 bridgehead atoms. The minimum absolute atomic E-state index is 0.172. The molecule has 7 nitrogen and oxygen atoms in total. The smallest absolute Gasteiger partial charge is 0.319 e. The number of pyridine rings is 1. The van der Waals surface area contributed by atoms with Crippen LogP contribution in [0.4, 0.5) is 14.5 Å². The molecule has 1 amide bonds. The van der Waals surface area contributed by atoms with Gasteiger partial charge < -0.3 is 5.32 Å². The Morgan fingerprint density at radius 2 is 2.18 bits per heavy atom. The van der Waals surface area contributed by atoms with E-state index in [1.807, 2.05) is 0 Å². The van der Waals surface area contributed by atoms with Crippen molar-refractivity contribution in [2.45, 2.75) is 12.8 Å². The monoisotopic (exact) mass is 306 g/mol. The Bertz CT molecular complexity index is 853. The third-order valence-corrected chi connectivity index (χ3v) is 3.21. The first-order valence-corrected chi connectivity index (χ1v) is 6.37. The number of nitrogens with one attached hydrogen (secondary N) is 2. The maximum atomic E-state index is 14.1. The van der Waals surface area contributed by atoms with Gasteiger partial charge in [0.1, 0.15) is 0 Å². The van der Waals surface area contributed by atoms with E-state index in [0.717, 1.165) is 18.1 Å². The first-order chi connectivity index (χ1) is 10.4. The number of nitrogens with zero attached hydrogens (tertiary/aromatic N) is 4. The van der Waals surface area contributed by atoms with E-state index in [0.29, 0.717) is 11.0 Å². The molecule has 0 aromatic carbocycles. The fourth-order valence-corrected chi connectivity index (χ4v) is 2.01. The summed E-state index contributed by atoms with van der Waals surface area (Å²) in [6, 6.07) is 1.54. The number of aryl methyl sites for hydroxylation is 2. The lowest BCUT2D eigenvalue weighted by Gasteiger charge is -2.14. The summed E-state index contributed by atoms with van der Waals surface area (Å²) >= 11 is 0. The topological polar surface area (TPSA) is 88.5 Å². The molecule has 2 N–H and O–H groups in total. The number of alkyl halides is 2. The average Bonchev–Trinajstić information content (AvgIpc) is 3.06. The summed E-state index contributed by atoms with van der Waals surface area (Å²) in [6.07, 6.45) is 3.34. The summed E-state index contributed by atoms with van der Waals surface area (Å²) in [5.74, 6) is -5.13. The molecule has 3 heterocycles. The predicted octanol–water partition coefficient (Wildman–Crippen LogP) is 1.73. The van der Waals surface area contributed by atoms with Crippen LogP contribution in [0, 0.1) is 6.92 Å². The van der Waals surface area contributed by atoms with Crippen LogP contribution in [0.2, 0.25) is 0 Å². The van der Waals surface area contributed by atoms with E-state index in [9.17, 15) is 13.6 Å². The van der Waals surface area contributed by atoms with E-state index in [2.05, 4.69) is 25.6 Å². The number of hydrogen-bond donors (Lipinski definition) is 2. The molecule has 0 unspecified atom stereocenters. The molecule has 114 valence electrons. The van der Waals surface area contributed by atoms with Crippen LogP contribution in [0.5, 0.6) is 0 Å². The molecule has 0 radical (unpaired) electrons. The van der Waals surface area contributed by atoms with Gasteiger partial charge in [-0.15, -0.1) is 0 Å². The van der Waals surface area contributed by atoms with Gasteiger partial charge in [0.15, 0.2) is 5.65 Å². The summed E-state index contributed by atoms with van der Waals surface area (Å²) < 4.78 is 29.4. The molecule has 22 heavy (non-hydrogen) atoms. The Balaban J connectivity index is 1.87. The van der Waals surface area contributed by atoms with Crippen molar-refractivity contribution in [2.75, 3.05) is 5.32 Å². The van der Waals surface area contributed by atoms with Gasteiger partial charge in [-0.2, -0.15) is 19.0 Å². The molecular formula is C13H12F2N6O. The molecule has 0 aliphatic rings. The number of aromatic nitrogens is 5. The summed E-state index contributed by atoms with van der Waals surface area (Å²) in [5.41, 5.74) is 0.888. The maximum absolute atomic E-state index is 14.1. The first-order valence-electron chi connectivity index (χ1n) is 6.37. The van der Waals surface area contributed by atoms with Crippen molar-refractivity contribution in [3.63, 3.8) is 0 Å². The fraction of sp³-hybridized carbons (Fsp3) is 0.231. The molecule has 3 aromatic rings. The highest BCUT2D eigenvalue weighted by Crippen LogP contribution is 2.29. The Hall–Kier alpha value is -2.84. The van der Waals surface area contributed by atoms with E-state index < -0.39 is 17.4 Å². The number of amides is 1. The lowest BCUT2D eigenvalue weighted by molar-refractivity contribution is -0.140. The molecule has 0 saturated carbocycles. The zero-order valence-corrected chi connectivity index (χ0v) is 11.8. The number of hydrogen-bond acceptors (Lipinski definition) is 4. The maximum Gasteiger partial charge on any atom is 0.353 e. The summed E-state index contributed by atoms with van der Waals surface area (Å²) in [6.45, 7) is 1.77. The number of fused-ring (bicyclic) bond motifs is 1. The van der Waals surface area contributed by atoms with Crippen molar-refractivity contribution in [1.82, 2.24) is 25.0 Å². The number of rotatable bonds is 3. The van der Waals surface area contributed by atoms with Crippen molar-refractivity contribution in [1.29, 1.82) is 0 Å². The van der Waals surface area contributed by atoms with Crippen LogP contribution in [0.25, 0.3) is 11.0 Å². The normalized spacial score (nSPS) is 11.8. The second kappa shape index (κ2) is 4.86. The van der Waals surface area contributed by atoms with Gasteiger partial charge >= 0.3 is 5.92 Å². The Labute approximate surface area is 123 Å². The SMILES string of the molecule is Cc1[nH]nc2ncc(NC(=O)C(F)(F)c3cnn(C)c3)cc12. The minimum Gasteiger partial charge on any atom is -0.319 e. The van der Waals surface area contributed by atoms with Gasteiger partial charge in [-0.1, -0.05) is 0 Å². The number of aromatic amines is 1. The Kier molecular flexibility index (Phi) is 3.12. The first kappa shape index (κ1) is 14.1. The van der Waals surface area contributed by atoms with E-state index in [1.165, 1.54) is 17.9 Å². The number of halogens is 2. The van der Waals surface area contributed by atoms with Crippen molar-refractivity contribution in [3.8, 4) is 0 Å². The number of carbonyl (C=O) groups is 1. The second-order valence-corrected chi connectivity index (χ2v) is 4.87. The molecule has 3 rings (SSSR count). The largest absolute Gasteiger partial charge is 0.353 e. The fourth-order valence-electron chi connectivity index (χ4n) is 2.01. The van der Waals surface area contributed by atoms with Crippen molar-refractivity contribution in [2.24, 2.45) is 7.05 Å². The molecule has 0 fully saturated rings. The lowest BCUT2D eigenvalue weighted by Crippen LogP contribution is -2.32. The molecular weight excluding hydrogens is 294 g/mol. The van der Waals surface area contributed by atoms with Crippen molar-refractivity contribution in [3.05, 3.63) is 35.9 Å². The molecule has 0 aliphatic heterocycles.